The van der Waals surface area contributed by atoms with Crippen LogP contribution in [-0.2, 0) is 25.0 Å². The van der Waals surface area contributed by atoms with Gasteiger partial charge < -0.3 is 0 Å². The molecule has 0 aromatic heterocycles. The highest BCUT2D eigenvalue weighted by Gasteiger charge is 2.26. The minimum atomic E-state index is -4.78. The first-order valence-corrected chi connectivity index (χ1v) is 11.8. The van der Waals surface area contributed by atoms with Gasteiger partial charge >= 0.3 is 0 Å². The molecule has 0 radical (unpaired) electrons. The van der Waals surface area contributed by atoms with Gasteiger partial charge in [-0.25, -0.2) is 5.01 Å². The summed E-state index contributed by atoms with van der Waals surface area (Å²) in [5.41, 5.74) is 1.71. The van der Waals surface area contributed by atoms with Crippen LogP contribution in [0.3, 0.4) is 0 Å². The molecule has 2 N–H and O–H groups in total. The summed E-state index contributed by atoms with van der Waals surface area (Å²) in [5, 5.41) is 6.05. The van der Waals surface area contributed by atoms with E-state index < -0.39 is 30.0 Å². The monoisotopic (exact) mass is 462 g/mol. The Balaban J connectivity index is 0.000000185. The normalized spacial score (nSPS) is 14.2. The van der Waals surface area contributed by atoms with Gasteiger partial charge in [0.05, 0.1) is 12.1 Å². The summed E-state index contributed by atoms with van der Waals surface area (Å²) in [5.74, 6) is 0.0451. The van der Waals surface area contributed by atoms with Crippen molar-refractivity contribution in [3.8, 4) is 0 Å². The van der Waals surface area contributed by atoms with Crippen LogP contribution in [0.25, 0.3) is 10.8 Å². The predicted octanol–water partition coefficient (Wildman–Crippen LogP) is 3.13. The van der Waals surface area contributed by atoms with Gasteiger partial charge in [0, 0.05) is 11.1 Å². The van der Waals surface area contributed by atoms with Gasteiger partial charge in [0.25, 0.3) is 26.1 Å². The van der Waals surface area contributed by atoms with Crippen LogP contribution < -0.4 is 5.01 Å². The predicted molar refractivity (Wildman–Crippen MR) is 115 cm³/mol. The van der Waals surface area contributed by atoms with Crippen molar-refractivity contribution in [3.63, 3.8) is 0 Å². The first-order valence-electron chi connectivity index (χ1n) is 8.87. The second-order valence-corrected chi connectivity index (χ2v) is 9.37. The van der Waals surface area contributed by atoms with Crippen molar-refractivity contribution in [1.82, 2.24) is 0 Å². The fourth-order valence-corrected chi connectivity index (χ4v) is 5.02. The highest BCUT2D eigenvalue weighted by atomic mass is 32.2. The van der Waals surface area contributed by atoms with Gasteiger partial charge in [-0.05, 0) is 30.5 Å². The summed E-state index contributed by atoms with van der Waals surface area (Å²) in [6, 6.07) is 17.7. The summed E-state index contributed by atoms with van der Waals surface area (Å²) in [7, 11) is -9.53. The number of anilines is 1. The number of fused-ring (bicyclic) bond motifs is 1. The maximum atomic E-state index is 11.4. The molecule has 11 heteroatoms. The lowest BCUT2D eigenvalue weighted by Crippen LogP contribution is -2.19. The molecule has 4 rings (SSSR count). The quantitative estimate of drug-likeness (QED) is 0.570. The van der Waals surface area contributed by atoms with Gasteiger partial charge in [0.1, 0.15) is 9.79 Å². The lowest BCUT2D eigenvalue weighted by molar-refractivity contribution is -0.116. The average Bonchev–Trinajstić information content (AvgIpc) is 3.05. The van der Waals surface area contributed by atoms with Crippen molar-refractivity contribution in [1.29, 1.82) is 0 Å². The zero-order chi connectivity index (χ0) is 22.8. The van der Waals surface area contributed by atoms with Crippen LogP contribution in [0.2, 0.25) is 0 Å². The molecule has 3 aromatic rings. The van der Waals surface area contributed by atoms with E-state index in [9.17, 15) is 21.6 Å². The third kappa shape index (κ3) is 5.14. The maximum absolute atomic E-state index is 11.4. The molecule has 31 heavy (non-hydrogen) atoms. The number of benzene rings is 3. The first-order chi connectivity index (χ1) is 14.5. The molecule has 1 aliphatic rings. The molecule has 0 unspecified atom stereocenters. The molecule has 0 saturated heterocycles. The number of rotatable bonds is 3. The van der Waals surface area contributed by atoms with E-state index in [0.29, 0.717) is 11.8 Å². The Morgan fingerprint density at radius 1 is 0.839 bits per heavy atom. The van der Waals surface area contributed by atoms with E-state index in [2.05, 4.69) is 5.10 Å². The molecule has 1 heterocycles. The van der Waals surface area contributed by atoms with Gasteiger partial charge in [-0.3, -0.25) is 13.9 Å². The van der Waals surface area contributed by atoms with E-state index in [-0.39, 0.29) is 11.3 Å². The van der Waals surface area contributed by atoms with Crippen molar-refractivity contribution in [2.75, 3.05) is 5.01 Å². The van der Waals surface area contributed by atoms with E-state index in [1.807, 2.05) is 37.3 Å². The SMILES string of the molecule is CC1=NN(c2ccccc2)C(=O)C1.O=S(=O)(O)c1ccc2ccccc2c1S(=O)(=O)O. The van der Waals surface area contributed by atoms with E-state index in [4.69, 9.17) is 9.11 Å². The number of hydrogen-bond donors (Lipinski definition) is 2. The van der Waals surface area contributed by atoms with Crippen LogP contribution in [0.1, 0.15) is 13.3 Å². The van der Waals surface area contributed by atoms with Crippen molar-refractivity contribution < 1.29 is 30.7 Å². The number of hydrazone groups is 1. The van der Waals surface area contributed by atoms with Crippen LogP contribution in [0.4, 0.5) is 5.69 Å². The van der Waals surface area contributed by atoms with Crippen molar-refractivity contribution >= 4 is 48.3 Å². The molecule has 0 saturated carbocycles. The fraction of sp³-hybridized carbons (Fsp3) is 0.100. The van der Waals surface area contributed by atoms with Crippen LogP contribution in [-0.4, -0.2) is 37.6 Å². The summed E-state index contributed by atoms with van der Waals surface area (Å²) in [6.45, 7) is 1.86. The van der Waals surface area contributed by atoms with E-state index in [0.717, 1.165) is 17.5 Å². The molecule has 1 amide bonds. The van der Waals surface area contributed by atoms with Crippen molar-refractivity contribution in [2.24, 2.45) is 5.10 Å². The Kier molecular flexibility index (Phi) is 6.23. The Morgan fingerprint density at radius 2 is 1.45 bits per heavy atom. The highest BCUT2D eigenvalue weighted by Crippen LogP contribution is 2.29. The van der Waals surface area contributed by atoms with E-state index in [1.165, 1.54) is 23.2 Å². The van der Waals surface area contributed by atoms with Crippen molar-refractivity contribution in [2.45, 2.75) is 23.1 Å². The van der Waals surface area contributed by atoms with Gasteiger partial charge in [-0.15, -0.1) is 0 Å². The Bertz CT molecular complexity index is 1380. The average molecular weight is 463 g/mol. The first kappa shape index (κ1) is 22.6. The Morgan fingerprint density at radius 3 is 2.00 bits per heavy atom. The number of carbonyl (C=O) groups is 1. The number of para-hydroxylation sites is 1. The van der Waals surface area contributed by atoms with Gasteiger partial charge in [0.15, 0.2) is 0 Å². The molecule has 1 aliphatic heterocycles. The Labute approximate surface area is 179 Å². The van der Waals surface area contributed by atoms with Crippen LogP contribution >= 0.6 is 0 Å². The molecule has 0 atom stereocenters. The number of nitrogens with zero attached hydrogens (tertiary/aromatic N) is 2. The third-order valence-electron chi connectivity index (χ3n) is 4.29. The van der Waals surface area contributed by atoms with E-state index in [1.54, 1.807) is 12.1 Å². The van der Waals surface area contributed by atoms with E-state index >= 15 is 0 Å². The number of amides is 1. The maximum Gasteiger partial charge on any atom is 0.296 e. The van der Waals surface area contributed by atoms with Crippen LogP contribution in [0.15, 0.2) is 81.6 Å². The Hall–Kier alpha value is -3.12. The standard InChI is InChI=1S/C10H10N2O.C10H8O6S2/c1-8-7-10(13)12(11-8)9-5-3-2-4-6-9;11-17(12,13)9-6-5-7-3-1-2-4-8(7)10(9)18(14,15)16/h2-6H,7H2,1H3;1-6H,(H,11,12,13)(H,14,15,16). The minimum absolute atomic E-state index is 0.0233. The molecule has 0 fully saturated rings. The number of hydrogen-bond acceptors (Lipinski definition) is 6. The molecular weight excluding hydrogens is 444 g/mol. The van der Waals surface area contributed by atoms with Gasteiger partial charge in [-0.2, -0.15) is 21.9 Å². The fourth-order valence-electron chi connectivity index (χ4n) is 3.02. The van der Waals surface area contributed by atoms with Gasteiger partial charge in [0.2, 0.25) is 0 Å². The molecular formula is C20H18N2O7S2. The summed E-state index contributed by atoms with van der Waals surface area (Å²) in [4.78, 5) is 9.74. The number of carbonyl (C=O) groups excluding carboxylic acids is 1. The summed E-state index contributed by atoms with van der Waals surface area (Å²) in [6.07, 6.45) is 0.439. The second kappa shape index (κ2) is 8.55. The molecule has 9 nitrogen and oxygen atoms in total. The second-order valence-electron chi connectivity index (χ2n) is 6.62. The zero-order valence-corrected chi connectivity index (χ0v) is 17.8. The molecule has 162 valence electrons. The molecule has 0 aliphatic carbocycles. The van der Waals surface area contributed by atoms with Crippen molar-refractivity contribution in [3.05, 3.63) is 66.7 Å². The summed E-state index contributed by atoms with van der Waals surface area (Å²) >= 11 is 0. The topological polar surface area (TPSA) is 141 Å². The molecule has 0 bridgehead atoms. The van der Waals surface area contributed by atoms with Gasteiger partial charge in [-0.1, -0.05) is 48.5 Å². The lowest BCUT2D eigenvalue weighted by Gasteiger charge is -2.10. The van der Waals surface area contributed by atoms with Crippen LogP contribution in [0, 0.1) is 0 Å². The highest BCUT2D eigenvalue weighted by molar-refractivity contribution is 7.89. The zero-order valence-electron chi connectivity index (χ0n) is 16.2. The molecule has 0 spiro atoms. The third-order valence-corrected chi connectivity index (χ3v) is 6.28. The van der Waals surface area contributed by atoms with Crippen LogP contribution in [0.5, 0.6) is 0 Å². The molecule has 3 aromatic carbocycles. The smallest absolute Gasteiger partial charge is 0.282 e. The summed E-state index contributed by atoms with van der Waals surface area (Å²) < 4.78 is 63.0. The largest absolute Gasteiger partial charge is 0.296 e. The minimum Gasteiger partial charge on any atom is -0.282 e. The lowest BCUT2D eigenvalue weighted by atomic mass is 10.1.